The largest absolute Gasteiger partial charge is 0.357 e. The van der Waals surface area contributed by atoms with Crippen molar-refractivity contribution >= 4 is 17.0 Å². The summed E-state index contributed by atoms with van der Waals surface area (Å²) >= 11 is 0. The Bertz CT molecular complexity index is 823. The number of aromatic amines is 1. The smallest absolute Gasteiger partial charge is 0.0943 e. The second kappa shape index (κ2) is 5.80. The van der Waals surface area contributed by atoms with Crippen LogP contribution < -0.4 is 0 Å². The Labute approximate surface area is 131 Å². The molecule has 112 valence electrons. The first-order chi connectivity index (χ1) is 10.7. The van der Waals surface area contributed by atoms with Crippen LogP contribution >= 0.6 is 0 Å². The third-order valence-corrected chi connectivity index (χ3v) is 4.35. The van der Waals surface area contributed by atoms with E-state index in [1.165, 1.54) is 22.2 Å². The van der Waals surface area contributed by atoms with Crippen LogP contribution in [-0.4, -0.2) is 9.97 Å². The van der Waals surface area contributed by atoms with Crippen molar-refractivity contribution in [3.05, 3.63) is 59.4 Å². The molecule has 0 amide bonds. The summed E-state index contributed by atoms with van der Waals surface area (Å²) in [6.45, 7) is 10.3. The zero-order valence-corrected chi connectivity index (χ0v) is 13.5. The van der Waals surface area contributed by atoms with E-state index in [9.17, 15) is 0 Å². The van der Waals surface area contributed by atoms with Crippen molar-refractivity contribution in [2.24, 2.45) is 0 Å². The van der Waals surface area contributed by atoms with Crippen LogP contribution in [0.2, 0.25) is 0 Å². The minimum atomic E-state index is 1.03. The van der Waals surface area contributed by atoms with Gasteiger partial charge in [0.05, 0.1) is 11.2 Å². The fraction of sp³-hybridized carbons (Fsp3) is 0.250. The van der Waals surface area contributed by atoms with Gasteiger partial charge in [0.15, 0.2) is 0 Å². The molecule has 0 fully saturated rings. The number of aryl methyl sites for hydroxylation is 3. The van der Waals surface area contributed by atoms with E-state index in [1.54, 1.807) is 0 Å². The van der Waals surface area contributed by atoms with Crippen LogP contribution in [0.4, 0.5) is 0 Å². The normalized spacial score (nSPS) is 11.0. The van der Waals surface area contributed by atoms with E-state index in [1.807, 2.05) is 12.3 Å². The summed E-state index contributed by atoms with van der Waals surface area (Å²) in [5.41, 5.74) is 8.36. The van der Waals surface area contributed by atoms with Gasteiger partial charge in [-0.2, -0.15) is 0 Å². The minimum Gasteiger partial charge on any atom is -0.357 e. The molecule has 2 heterocycles. The van der Waals surface area contributed by atoms with Gasteiger partial charge < -0.3 is 4.98 Å². The molecule has 0 unspecified atom stereocenters. The Morgan fingerprint density at radius 2 is 1.91 bits per heavy atom. The zero-order valence-electron chi connectivity index (χ0n) is 13.5. The number of hydrogen-bond acceptors (Lipinski definition) is 1. The number of benzene rings is 1. The second-order valence-electron chi connectivity index (χ2n) is 5.83. The van der Waals surface area contributed by atoms with Gasteiger partial charge in [-0.1, -0.05) is 50.3 Å². The first-order valence-electron chi connectivity index (χ1n) is 7.85. The van der Waals surface area contributed by atoms with Crippen LogP contribution in [0, 0.1) is 13.8 Å². The number of rotatable bonds is 4. The lowest BCUT2D eigenvalue weighted by Crippen LogP contribution is -1.92. The van der Waals surface area contributed by atoms with Crippen molar-refractivity contribution in [1.82, 2.24) is 9.97 Å². The van der Waals surface area contributed by atoms with E-state index >= 15 is 0 Å². The molecule has 1 N–H and O–H groups in total. The average Bonchev–Trinajstić information content (AvgIpc) is 2.84. The Balaban J connectivity index is 2.24. The highest BCUT2D eigenvalue weighted by atomic mass is 14.8. The Kier molecular flexibility index (Phi) is 3.84. The summed E-state index contributed by atoms with van der Waals surface area (Å²) in [7, 11) is 0. The highest BCUT2D eigenvalue weighted by molar-refractivity contribution is 5.97. The number of nitrogens with one attached hydrogen (secondary N) is 1. The Hall–Kier alpha value is -2.35. The maximum Gasteiger partial charge on any atom is 0.0943 e. The van der Waals surface area contributed by atoms with Gasteiger partial charge in [-0.3, -0.25) is 4.98 Å². The van der Waals surface area contributed by atoms with Crippen molar-refractivity contribution in [2.45, 2.75) is 33.6 Å². The van der Waals surface area contributed by atoms with Gasteiger partial charge >= 0.3 is 0 Å². The number of nitrogens with zero attached hydrogens (tertiary/aromatic N) is 1. The lowest BCUT2D eigenvalue weighted by molar-refractivity contribution is 0.923. The molecule has 0 bridgehead atoms. The van der Waals surface area contributed by atoms with E-state index < -0.39 is 0 Å². The van der Waals surface area contributed by atoms with Gasteiger partial charge in [0.2, 0.25) is 0 Å². The van der Waals surface area contributed by atoms with Crippen molar-refractivity contribution in [3.8, 4) is 11.3 Å². The lowest BCUT2D eigenvalue weighted by Gasteiger charge is -2.08. The molecule has 22 heavy (non-hydrogen) atoms. The lowest BCUT2D eigenvalue weighted by atomic mass is 10.0. The number of pyridine rings is 1. The standard InChI is InChI=1S/C20H22N2/c1-5-7-17-12-21-19(16-10-8-15(6-2)9-11-16)20-18(17)13(3)14(4)22-20/h6,8-12,22H,2,5,7H2,1,3-4H3. The van der Waals surface area contributed by atoms with Crippen LogP contribution in [0.25, 0.3) is 28.2 Å². The van der Waals surface area contributed by atoms with Crippen LogP contribution in [0.5, 0.6) is 0 Å². The second-order valence-corrected chi connectivity index (χ2v) is 5.83. The van der Waals surface area contributed by atoms with E-state index in [-0.39, 0.29) is 0 Å². The molecular weight excluding hydrogens is 268 g/mol. The molecule has 1 aromatic carbocycles. The van der Waals surface area contributed by atoms with Crippen molar-refractivity contribution < 1.29 is 0 Å². The molecule has 0 spiro atoms. The summed E-state index contributed by atoms with van der Waals surface area (Å²) in [5.74, 6) is 0. The SMILES string of the molecule is C=Cc1ccc(-c2ncc(CCC)c3c(C)c(C)[nH]c23)cc1. The molecule has 2 aromatic heterocycles. The van der Waals surface area contributed by atoms with E-state index in [2.05, 4.69) is 56.6 Å². The molecule has 0 saturated heterocycles. The molecule has 3 rings (SSSR count). The molecule has 0 aliphatic carbocycles. The fourth-order valence-electron chi connectivity index (χ4n) is 3.02. The van der Waals surface area contributed by atoms with Gasteiger partial charge in [-0.05, 0) is 37.0 Å². The Morgan fingerprint density at radius 3 is 2.55 bits per heavy atom. The summed E-state index contributed by atoms with van der Waals surface area (Å²) in [4.78, 5) is 8.29. The minimum absolute atomic E-state index is 1.03. The number of H-pyrrole nitrogens is 1. The van der Waals surface area contributed by atoms with Gasteiger partial charge in [0.1, 0.15) is 0 Å². The van der Waals surface area contributed by atoms with Gasteiger partial charge in [0, 0.05) is 22.8 Å². The maximum atomic E-state index is 4.75. The molecule has 0 atom stereocenters. The zero-order chi connectivity index (χ0) is 15.7. The first-order valence-corrected chi connectivity index (χ1v) is 7.85. The topological polar surface area (TPSA) is 28.7 Å². The molecule has 2 nitrogen and oxygen atoms in total. The monoisotopic (exact) mass is 290 g/mol. The van der Waals surface area contributed by atoms with Crippen LogP contribution in [0.15, 0.2) is 37.0 Å². The molecule has 0 radical (unpaired) electrons. The van der Waals surface area contributed by atoms with E-state index in [0.29, 0.717) is 0 Å². The maximum absolute atomic E-state index is 4.75. The predicted octanol–water partition coefficient (Wildman–Crippen LogP) is 5.44. The van der Waals surface area contributed by atoms with Gasteiger partial charge in [-0.25, -0.2) is 0 Å². The molecule has 0 aliphatic heterocycles. The van der Waals surface area contributed by atoms with Gasteiger partial charge in [-0.15, -0.1) is 0 Å². The van der Waals surface area contributed by atoms with E-state index in [4.69, 9.17) is 4.98 Å². The van der Waals surface area contributed by atoms with Crippen LogP contribution in [0.1, 0.15) is 35.7 Å². The highest BCUT2D eigenvalue weighted by Gasteiger charge is 2.14. The Morgan fingerprint density at radius 1 is 1.18 bits per heavy atom. The number of hydrogen-bond donors (Lipinski definition) is 1. The molecule has 0 saturated carbocycles. The summed E-state index contributed by atoms with van der Waals surface area (Å²) in [6.07, 6.45) is 6.11. The average molecular weight is 290 g/mol. The predicted molar refractivity (Wildman–Crippen MR) is 95.1 cm³/mol. The highest BCUT2D eigenvalue weighted by Crippen LogP contribution is 2.32. The third-order valence-electron chi connectivity index (χ3n) is 4.35. The van der Waals surface area contributed by atoms with Crippen LogP contribution in [-0.2, 0) is 6.42 Å². The number of aromatic nitrogens is 2. The molecular formula is C20H22N2. The van der Waals surface area contributed by atoms with Gasteiger partial charge in [0.25, 0.3) is 0 Å². The van der Waals surface area contributed by atoms with Crippen molar-refractivity contribution in [1.29, 1.82) is 0 Å². The van der Waals surface area contributed by atoms with Crippen molar-refractivity contribution in [3.63, 3.8) is 0 Å². The van der Waals surface area contributed by atoms with Crippen LogP contribution in [0.3, 0.4) is 0 Å². The van der Waals surface area contributed by atoms with Crippen molar-refractivity contribution in [2.75, 3.05) is 0 Å². The summed E-state index contributed by atoms with van der Waals surface area (Å²) < 4.78 is 0. The first kappa shape index (κ1) is 14.6. The van der Waals surface area contributed by atoms with E-state index in [0.717, 1.165) is 35.2 Å². The summed E-state index contributed by atoms with van der Waals surface area (Å²) in [5, 5.41) is 1.34. The third kappa shape index (κ3) is 2.35. The molecule has 3 aromatic rings. The summed E-state index contributed by atoms with van der Waals surface area (Å²) in [6, 6.07) is 8.39. The molecule has 2 heteroatoms. The number of fused-ring (bicyclic) bond motifs is 1. The quantitative estimate of drug-likeness (QED) is 0.680. The fourth-order valence-corrected chi connectivity index (χ4v) is 3.02. The molecule has 0 aliphatic rings.